The molecule has 0 bridgehead atoms. The maximum Gasteiger partial charge on any atom is 0.268 e. The number of likely N-dealkylation sites (N-methyl/N-ethyl adjacent to an activating group) is 1. The number of hydrogen-bond acceptors (Lipinski definition) is 6. The van der Waals surface area contributed by atoms with Crippen molar-refractivity contribution >= 4 is 13.7 Å². The van der Waals surface area contributed by atoms with E-state index >= 15 is 0 Å². The fourth-order valence-electron chi connectivity index (χ4n) is 6.77. The van der Waals surface area contributed by atoms with Gasteiger partial charge in [0.1, 0.15) is 13.2 Å². The molecule has 382 valence electrons. The molecule has 0 saturated carbocycles. The molecular formula is C58H99N2O6P. The molecule has 0 rings (SSSR count). The highest BCUT2D eigenvalue weighted by atomic mass is 31.2. The summed E-state index contributed by atoms with van der Waals surface area (Å²) < 4.78 is 23.2. The molecule has 0 aliphatic carbocycles. The van der Waals surface area contributed by atoms with Crippen LogP contribution in [-0.4, -0.2) is 68.5 Å². The third-order valence-corrected chi connectivity index (χ3v) is 11.9. The summed E-state index contributed by atoms with van der Waals surface area (Å²) in [5, 5.41) is 13.7. The molecule has 3 atom stereocenters. The number of unbranched alkanes of at least 4 members (excludes halogenated alkanes) is 15. The van der Waals surface area contributed by atoms with Crippen LogP contribution in [0.1, 0.15) is 187 Å². The number of aliphatic hydroxyl groups is 1. The van der Waals surface area contributed by atoms with E-state index in [9.17, 15) is 19.4 Å². The van der Waals surface area contributed by atoms with Crippen LogP contribution in [0.2, 0.25) is 0 Å². The SMILES string of the molecule is CC/C=C\C/C=C\C/C=C\C/C=C\C/C=C\C/C=C\C/C=C\C/C=C\CCCCCCCCCCCCC(=O)NC(COP(=O)([O-])OCC[N+](C)(C)C)C(O)/C=C/CC/C=C/CCCCCC. The molecule has 2 N–H and O–H groups in total. The largest absolute Gasteiger partial charge is 0.756 e. The summed E-state index contributed by atoms with van der Waals surface area (Å²) in [6.45, 7) is 4.44. The zero-order valence-electron chi connectivity index (χ0n) is 43.3. The van der Waals surface area contributed by atoms with Gasteiger partial charge in [-0.25, -0.2) is 0 Å². The number of quaternary nitrogens is 1. The van der Waals surface area contributed by atoms with Gasteiger partial charge in [-0.15, -0.1) is 0 Å². The Kier molecular flexibility index (Phi) is 45.7. The lowest BCUT2D eigenvalue weighted by molar-refractivity contribution is -0.870. The fraction of sp³-hybridized carbons (Fsp3) is 0.638. The van der Waals surface area contributed by atoms with Gasteiger partial charge in [-0.3, -0.25) is 9.36 Å². The number of carbonyl (C=O) groups is 1. The molecule has 0 aromatic carbocycles. The van der Waals surface area contributed by atoms with Crippen molar-refractivity contribution < 1.29 is 32.9 Å². The van der Waals surface area contributed by atoms with Crippen molar-refractivity contribution in [3.05, 3.63) is 122 Å². The molecule has 0 aromatic heterocycles. The van der Waals surface area contributed by atoms with Gasteiger partial charge in [-0.05, 0) is 96.3 Å². The Hall–Kier alpha value is -3.10. The monoisotopic (exact) mass is 951 g/mol. The minimum absolute atomic E-state index is 0.0134. The van der Waals surface area contributed by atoms with E-state index in [0.717, 1.165) is 96.3 Å². The summed E-state index contributed by atoms with van der Waals surface area (Å²) in [5.74, 6) is -0.220. The van der Waals surface area contributed by atoms with Gasteiger partial charge in [0.25, 0.3) is 7.82 Å². The van der Waals surface area contributed by atoms with Gasteiger partial charge in [-0.2, -0.15) is 0 Å². The number of phosphoric acid groups is 1. The minimum Gasteiger partial charge on any atom is -0.756 e. The van der Waals surface area contributed by atoms with Gasteiger partial charge < -0.3 is 28.8 Å². The summed E-state index contributed by atoms with van der Waals surface area (Å²) in [7, 11) is 1.22. The van der Waals surface area contributed by atoms with Crippen LogP contribution in [0.4, 0.5) is 0 Å². The first-order valence-electron chi connectivity index (χ1n) is 26.4. The molecule has 0 aromatic rings. The molecule has 1 amide bonds. The number of nitrogens with zero attached hydrogens (tertiary/aromatic N) is 1. The fourth-order valence-corrected chi connectivity index (χ4v) is 7.49. The molecule has 3 unspecified atom stereocenters. The number of amides is 1. The predicted molar refractivity (Wildman–Crippen MR) is 288 cm³/mol. The first kappa shape index (κ1) is 63.9. The van der Waals surface area contributed by atoms with Crippen LogP contribution in [-0.2, 0) is 18.4 Å². The number of rotatable bonds is 46. The quantitative estimate of drug-likeness (QED) is 0.0272. The third-order valence-electron chi connectivity index (χ3n) is 10.9. The molecule has 0 radical (unpaired) electrons. The van der Waals surface area contributed by atoms with E-state index < -0.39 is 26.6 Å². The second-order valence-electron chi connectivity index (χ2n) is 18.5. The van der Waals surface area contributed by atoms with Crippen molar-refractivity contribution in [2.75, 3.05) is 40.9 Å². The summed E-state index contributed by atoms with van der Waals surface area (Å²) in [6, 6.07) is -0.912. The van der Waals surface area contributed by atoms with Crippen molar-refractivity contribution in [3.8, 4) is 0 Å². The Bertz CT molecular complexity index is 1500. The standard InChI is InChI=1S/C58H99N2O6P/c1-6-8-10-12-14-16-18-19-20-21-22-23-24-25-26-27-28-29-30-31-32-33-34-35-36-37-38-39-40-41-42-44-46-48-50-52-58(62)59-56(55-66-67(63,64)65-54-53-60(3,4)5)57(61)51-49-47-45-43-17-15-13-11-9-7-2/h8,10,14,16-17,19-20,22-23,25-26,28-29,31-32,34-35,43,49,51,56-57,61H,6-7,9,11-13,15,18,21,24,27,30,33,36-42,44-48,50,52-55H2,1-5H3,(H-,59,62,63,64)/b10-8-,16-14-,20-19-,23-22-,26-25-,29-28-,32-31-,35-34-,43-17+,51-49+. The zero-order chi connectivity index (χ0) is 49.2. The summed E-state index contributed by atoms with van der Waals surface area (Å²) >= 11 is 0. The third kappa shape index (κ3) is 50.6. The maximum atomic E-state index is 12.9. The number of carbonyl (C=O) groups excluding carboxylic acids is 1. The maximum absolute atomic E-state index is 12.9. The number of nitrogens with one attached hydrogen (secondary N) is 1. The predicted octanol–water partition coefficient (Wildman–Crippen LogP) is 15.2. The first-order valence-corrected chi connectivity index (χ1v) is 27.9. The van der Waals surface area contributed by atoms with Crippen LogP contribution in [0, 0.1) is 0 Å². The first-order chi connectivity index (χ1) is 32.5. The van der Waals surface area contributed by atoms with E-state index in [4.69, 9.17) is 9.05 Å². The average molecular weight is 951 g/mol. The topological polar surface area (TPSA) is 108 Å². The van der Waals surface area contributed by atoms with Crippen LogP contribution in [0.5, 0.6) is 0 Å². The normalized spacial score (nSPS) is 15.0. The number of phosphoric ester groups is 1. The Morgan fingerprint density at radius 2 is 0.925 bits per heavy atom. The van der Waals surface area contributed by atoms with Gasteiger partial charge in [-0.1, -0.05) is 206 Å². The Morgan fingerprint density at radius 1 is 0.537 bits per heavy atom. The summed E-state index contributed by atoms with van der Waals surface area (Å²) in [6.07, 6.45) is 71.4. The van der Waals surface area contributed by atoms with Gasteiger partial charge >= 0.3 is 0 Å². The van der Waals surface area contributed by atoms with Crippen LogP contribution >= 0.6 is 7.82 Å². The summed E-state index contributed by atoms with van der Waals surface area (Å²) in [5.41, 5.74) is 0. The zero-order valence-corrected chi connectivity index (χ0v) is 44.2. The van der Waals surface area contributed by atoms with E-state index in [-0.39, 0.29) is 12.5 Å². The van der Waals surface area contributed by atoms with Gasteiger partial charge in [0.05, 0.1) is 39.9 Å². The van der Waals surface area contributed by atoms with Crippen molar-refractivity contribution in [2.45, 2.75) is 199 Å². The Morgan fingerprint density at radius 3 is 1.39 bits per heavy atom. The van der Waals surface area contributed by atoms with Crippen molar-refractivity contribution in [1.82, 2.24) is 5.32 Å². The molecule has 0 fully saturated rings. The van der Waals surface area contributed by atoms with Gasteiger partial charge in [0.15, 0.2) is 0 Å². The van der Waals surface area contributed by atoms with Crippen LogP contribution in [0.3, 0.4) is 0 Å². The molecule has 67 heavy (non-hydrogen) atoms. The number of allylic oxidation sites excluding steroid dienone is 19. The highest BCUT2D eigenvalue weighted by molar-refractivity contribution is 7.45. The van der Waals surface area contributed by atoms with Crippen LogP contribution in [0.25, 0.3) is 0 Å². The second kappa shape index (κ2) is 47.9. The number of hydrogen-bond donors (Lipinski definition) is 2. The highest BCUT2D eigenvalue weighted by Gasteiger charge is 2.23. The molecule has 0 heterocycles. The van der Waals surface area contributed by atoms with E-state index in [1.807, 2.05) is 27.2 Å². The van der Waals surface area contributed by atoms with Crippen molar-refractivity contribution in [3.63, 3.8) is 0 Å². The van der Waals surface area contributed by atoms with Crippen molar-refractivity contribution in [2.24, 2.45) is 0 Å². The lowest BCUT2D eigenvalue weighted by atomic mass is 10.0. The molecule has 0 saturated heterocycles. The molecule has 8 nitrogen and oxygen atoms in total. The lowest BCUT2D eigenvalue weighted by Crippen LogP contribution is -2.45. The van der Waals surface area contributed by atoms with E-state index in [1.165, 1.54) is 70.6 Å². The van der Waals surface area contributed by atoms with E-state index in [1.54, 1.807) is 6.08 Å². The van der Waals surface area contributed by atoms with E-state index in [0.29, 0.717) is 17.4 Å². The van der Waals surface area contributed by atoms with Crippen molar-refractivity contribution in [1.29, 1.82) is 0 Å². The minimum atomic E-state index is -4.60. The van der Waals surface area contributed by atoms with Crippen LogP contribution in [0.15, 0.2) is 122 Å². The number of aliphatic hydroxyl groups excluding tert-OH is 1. The molecule has 0 aliphatic heterocycles. The molecule has 9 heteroatoms. The molecule has 0 spiro atoms. The molecular weight excluding hydrogens is 852 g/mol. The average Bonchev–Trinajstić information content (AvgIpc) is 3.29. The summed E-state index contributed by atoms with van der Waals surface area (Å²) in [4.78, 5) is 25.3. The second-order valence-corrected chi connectivity index (χ2v) is 19.9. The highest BCUT2D eigenvalue weighted by Crippen LogP contribution is 2.38. The Balaban J connectivity index is 4.12. The van der Waals surface area contributed by atoms with Gasteiger partial charge in [0, 0.05) is 6.42 Å². The lowest BCUT2D eigenvalue weighted by Gasteiger charge is -2.29. The smallest absolute Gasteiger partial charge is 0.268 e. The van der Waals surface area contributed by atoms with Gasteiger partial charge in [0.2, 0.25) is 5.91 Å². The van der Waals surface area contributed by atoms with Crippen LogP contribution < -0.4 is 10.2 Å². The Labute approximate surface area is 412 Å². The van der Waals surface area contributed by atoms with E-state index in [2.05, 4.69) is 129 Å². The molecule has 0 aliphatic rings.